The molecule has 1 atom stereocenters. The third-order valence-corrected chi connectivity index (χ3v) is 7.97. The van der Waals surface area contributed by atoms with Gasteiger partial charge in [-0.15, -0.1) is 10.2 Å². The van der Waals surface area contributed by atoms with Crippen molar-refractivity contribution in [1.29, 1.82) is 0 Å². The number of fused-ring (bicyclic) bond motifs is 1. The molecular formula is C20H22F3N3OS. The van der Waals surface area contributed by atoms with Gasteiger partial charge in [-0.05, 0) is 75.3 Å². The molecule has 4 nitrogen and oxygen atoms in total. The molecule has 2 aromatic heterocycles. The average Bonchev–Trinajstić information content (AvgIpc) is 3.01. The van der Waals surface area contributed by atoms with Gasteiger partial charge in [0, 0.05) is 11.6 Å². The van der Waals surface area contributed by atoms with Crippen molar-refractivity contribution in [3.63, 3.8) is 0 Å². The van der Waals surface area contributed by atoms with Crippen LogP contribution < -0.4 is 0 Å². The summed E-state index contributed by atoms with van der Waals surface area (Å²) in [5.74, 6) is 2.28. The van der Waals surface area contributed by atoms with Crippen LogP contribution in [0.25, 0.3) is 5.65 Å². The molecular weight excluding hydrogens is 387 g/mol. The zero-order valence-corrected chi connectivity index (χ0v) is 16.4. The van der Waals surface area contributed by atoms with E-state index in [-0.39, 0.29) is 16.4 Å². The number of rotatable bonds is 4. The van der Waals surface area contributed by atoms with Gasteiger partial charge in [0.1, 0.15) is 0 Å². The summed E-state index contributed by atoms with van der Waals surface area (Å²) >= 11 is 1.23. The zero-order chi connectivity index (χ0) is 19.7. The Kier molecular flexibility index (Phi) is 4.09. The Balaban J connectivity index is 1.40. The Hall–Kier alpha value is -1.57. The molecule has 0 saturated heterocycles. The van der Waals surface area contributed by atoms with Crippen molar-refractivity contribution in [2.45, 2.75) is 62.0 Å². The SMILES string of the molecule is CC(Sc1nnc2ccc(C(F)(F)F)cn12)C(=O)C12CC3CC(CC(C3)C1)C2. The number of alkyl halides is 3. The van der Waals surface area contributed by atoms with E-state index in [1.807, 2.05) is 6.92 Å². The molecule has 0 aromatic carbocycles. The van der Waals surface area contributed by atoms with Gasteiger partial charge >= 0.3 is 6.18 Å². The topological polar surface area (TPSA) is 47.3 Å². The second-order valence-corrected chi connectivity index (χ2v) is 10.3. The lowest BCUT2D eigenvalue weighted by Gasteiger charge is -2.56. The van der Waals surface area contributed by atoms with Crippen molar-refractivity contribution in [2.24, 2.45) is 23.2 Å². The van der Waals surface area contributed by atoms with Crippen LogP contribution in [0.4, 0.5) is 13.2 Å². The minimum absolute atomic E-state index is 0.223. The fourth-order valence-electron chi connectivity index (χ4n) is 6.17. The number of aromatic nitrogens is 3. The summed E-state index contributed by atoms with van der Waals surface area (Å²) in [7, 11) is 0. The first-order valence-corrected chi connectivity index (χ1v) is 10.7. The maximum absolute atomic E-state index is 13.4. The fraction of sp³-hybridized carbons (Fsp3) is 0.650. The van der Waals surface area contributed by atoms with E-state index >= 15 is 0 Å². The van der Waals surface area contributed by atoms with Gasteiger partial charge in [-0.2, -0.15) is 13.2 Å². The molecule has 4 aliphatic carbocycles. The van der Waals surface area contributed by atoms with Gasteiger partial charge in [0.2, 0.25) is 0 Å². The maximum Gasteiger partial charge on any atom is 0.417 e. The minimum Gasteiger partial charge on any atom is -0.298 e. The molecule has 0 spiro atoms. The predicted molar refractivity (Wildman–Crippen MR) is 98.9 cm³/mol. The van der Waals surface area contributed by atoms with Crippen molar-refractivity contribution >= 4 is 23.2 Å². The molecule has 150 valence electrons. The lowest BCUT2D eigenvalue weighted by Crippen LogP contribution is -2.51. The van der Waals surface area contributed by atoms with Crippen LogP contribution in [0.3, 0.4) is 0 Å². The van der Waals surface area contributed by atoms with E-state index in [1.165, 1.54) is 41.5 Å². The number of thioether (sulfide) groups is 1. The molecule has 0 aliphatic heterocycles. The number of Topliss-reactive ketones (excluding diaryl/α,β-unsaturated/α-hetero) is 1. The normalized spacial score (nSPS) is 32.8. The number of nitrogens with zero attached hydrogens (tertiary/aromatic N) is 3. The van der Waals surface area contributed by atoms with Crippen LogP contribution in [-0.2, 0) is 11.0 Å². The summed E-state index contributed by atoms with van der Waals surface area (Å²) in [4.78, 5) is 13.4. The number of carbonyl (C=O) groups is 1. The highest BCUT2D eigenvalue weighted by Crippen LogP contribution is 2.61. The summed E-state index contributed by atoms with van der Waals surface area (Å²) in [5.41, 5.74) is -0.620. The summed E-state index contributed by atoms with van der Waals surface area (Å²) < 4.78 is 40.5. The molecule has 0 N–H and O–H groups in total. The van der Waals surface area contributed by atoms with Crippen molar-refractivity contribution in [2.75, 3.05) is 0 Å². The Labute approximate surface area is 165 Å². The lowest BCUT2D eigenvalue weighted by molar-refractivity contribution is -0.143. The summed E-state index contributed by atoms with van der Waals surface area (Å²) in [6.07, 6.45) is 3.35. The molecule has 2 heterocycles. The molecule has 0 amide bonds. The Morgan fingerprint density at radius 2 is 1.75 bits per heavy atom. The third kappa shape index (κ3) is 2.95. The molecule has 28 heavy (non-hydrogen) atoms. The monoisotopic (exact) mass is 409 g/mol. The first kappa shape index (κ1) is 18.5. The molecule has 4 fully saturated rings. The lowest BCUT2D eigenvalue weighted by atomic mass is 9.48. The largest absolute Gasteiger partial charge is 0.417 e. The average molecular weight is 409 g/mol. The van der Waals surface area contributed by atoms with Crippen LogP contribution in [0.2, 0.25) is 0 Å². The quantitative estimate of drug-likeness (QED) is 0.666. The van der Waals surface area contributed by atoms with Gasteiger partial charge in [0.15, 0.2) is 16.6 Å². The minimum atomic E-state index is -4.43. The van der Waals surface area contributed by atoms with Crippen LogP contribution in [0.15, 0.2) is 23.5 Å². The van der Waals surface area contributed by atoms with Gasteiger partial charge in [-0.1, -0.05) is 11.8 Å². The van der Waals surface area contributed by atoms with E-state index in [9.17, 15) is 18.0 Å². The Bertz CT molecular complexity index is 903. The van der Waals surface area contributed by atoms with Crippen LogP contribution in [0, 0.1) is 23.2 Å². The second kappa shape index (κ2) is 6.21. The molecule has 4 aliphatic rings. The van der Waals surface area contributed by atoms with Gasteiger partial charge in [-0.25, -0.2) is 0 Å². The molecule has 2 aromatic rings. The van der Waals surface area contributed by atoms with E-state index < -0.39 is 11.7 Å². The maximum atomic E-state index is 13.4. The fourth-order valence-corrected chi connectivity index (χ4v) is 7.19. The first-order chi connectivity index (χ1) is 13.2. The van der Waals surface area contributed by atoms with Crippen molar-refractivity contribution in [3.8, 4) is 0 Å². The van der Waals surface area contributed by atoms with Gasteiger partial charge in [-0.3, -0.25) is 9.20 Å². The van der Waals surface area contributed by atoms with E-state index in [4.69, 9.17) is 0 Å². The second-order valence-electron chi connectivity index (χ2n) is 8.95. The summed E-state index contributed by atoms with van der Waals surface area (Å²) in [5, 5.41) is 7.99. The number of hydrogen-bond donors (Lipinski definition) is 0. The van der Waals surface area contributed by atoms with Crippen molar-refractivity contribution in [1.82, 2.24) is 14.6 Å². The highest BCUT2D eigenvalue weighted by atomic mass is 32.2. The van der Waals surface area contributed by atoms with E-state index in [1.54, 1.807) is 0 Å². The number of hydrogen-bond acceptors (Lipinski definition) is 4. The smallest absolute Gasteiger partial charge is 0.298 e. The number of halogens is 3. The zero-order valence-electron chi connectivity index (χ0n) is 15.6. The highest BCUT2D eigenvalue weighted by Gasteiger charge is 2.55. The molecule has 0 radical (unpaired) electrons. The first-order valence-electron chi connectivity index (χ1n) is 9.86. The van der Waals surface area contributed by atoms with Crippen LogP contribution in [-0.4, -0.2) is 25.6 Å². The number of carbonyl (C=O) groups excluding carboxylic acids is 1. The van der Waals surface area contributed by atoms with Crippen LogP contribution in [0.5, 0.6) is 0 Å². The Morgan fingerprint density at radius 1 is 1.14 bits per heavy atom. The molecule has 4 saturated carbocycles. The number of pyridine rings is 1. The van der Waals surface area contributed by atoms with Crippen molar-refractivity contribution in [3.05, 3.63) is 23.9 Å². The summed E-state index contributed by atoms with van der Waals surface area (Å²) in [6, 6.07) is 2.31. The highest BCUT2D eigenvalue weighted by molar-refractivity contribution is 8.00. The molecule has 8 heteroatoms. The van der Waals surface area contributed by atoms with E-state index in [0.717, 1.165) is 31.5 Å². The van der Waals surface area contributed by atoms with Crippen LogP contribution >= 0.6 is 11.8 Å². The predicted octanol–water partition coefficient (Wildman–Crippen LogP) is 5.01. The standard InChI is InChI=1S/C20H22F3N3OS/c1-11(17(27)19-7-12-4-13(8-19)6-14(5-12)9-19)28-18-25-24-16-3-2-15(10-26(16)18)20(21,22)23/h2-3,10-14H,4-9H2,1H3. The van der Waals surface area contributed by atoms with Gasteiger partial charge in [0.05, 0.1) is 10.8 Å². The third-order valence-electron chi connectivity index (χ3n) is 6.91. The van der Waals surface area contributed by atoms with Crippen molar-refractivity contribution < 1.29 is 18.0 Å². The van der Waals surface area contributed by atoms with Crippen LogP contribution in [0.1, 0.15) is 51.0 Å². The Morgan fingerprint density at radius 3 is 2.32 bits per heavy atom. The van der Waals surface area contributed by atoms with Gasteiger partial charge in [0.25, 0.3) is 0 Å². The molecule has 1 unspecified atom stereocenters. The van der Waals surface area contributed by atoms with E-state index in [2.05, 4.69) is 10.2 Å². The van der Waals surface area contributed by atoms with E-state index in [0.29, 0.717) is 28.6 Å². The summed E-state index contributed by atoms with van der Waals surface area (Å²) in [6.45, 7) is 1.86. The number of ketones is 1. The molecule has 4 bridgehead atoms. The molecule has 6 rings (SSSR count). The van der Waals surface area contributed by atoms with Gasteiger partial charge < -0.3 is 0 Å².